The van der Waals surface area contributed by atoms with Crippen molar-refractivity contribution in [3.8, 4) is 0 Å². The fourth-order valence-corrected chi connectivity index (χ4v) is 1.73. The molecule has 0 heterocycles. The van der Waals surface area contributed by atoms with Crippen LogP contribution in [0.2, 0.25) is 0 Å². The Balaban J connectivity index is 2.19. The highest BCUT2D eigenvalue weighted by atomic mass is 16.2. The van der Waals surface area contributed by atoms with Crippen molar-refractivity contribution in [2.45, 2.75) is 33.2 Å². The predicted octanol–water partition coefficient (Wildman–Crippen LogP) is 1.44. The number of carbonyl (C=O) groups excluding carboxylic acids is 2. The van der Waals surface area contributed by atoms with E-state index >= 15 is 0 Å². The van der Waals surface area contributed by atoms with Crippen molar-refractivity contribution in [1.29, 1.82) is 0 Å². The summed E-state index contributed by atoms with van der Waals surface area (Å²) >= 11 is 0. The van der Waals surface area contributed by atoms with Crippen molar-refractivity contribution in [3.05, 3.63) is 29.8 Å². The van der Waals surface area contributed by atoms with Gasteiger partial charge in [0.05, 0.1) is 6.54 Å². The minimum Gasteiger partial charge on any atom is -0.354 e. The summed E-state index contributed by atoms with van der Waals surface area (Å²) < 4.78 is 0. The summed E-state index contributed by atoms with van der Waals surface area (Å²) in [6, 6.07) is 7.78. The van der Waals surface area contributed by atoms with Gasteiger partial charge in [0.2, 0.25) is 11.8 Å². The van der Waals surface area contributed by atoms with Crippen LogP contribution in [-0.2, 0) is 9.59 Å². The molecule has 0 fully saturated rings. The number of benzene rings is 1. The summed E-state index contributed by atoms with van der Waals surface area (Å²) in [5.41, 5.74) is 1.88. The fraction of sp³-hybridized carbons (Fsp3) is 0.467. The predicted molar refractivity (Wildman–Crippen MR) is 80.6 cm³/mol. The normalized spacial score (nSPS) is 10.4. The standard InChI is InChI=1S/C15H23N3O2/c1-11(2)17-14(19)7-8-16-10-15(20)18-13-6-4-5-12(3)9-13/h4-6,9,11,16H,7-8,10H2,1-3H3,(H,17,19)(H,18,20). The van der Waals surface area contributed by atoms with Gasteiger partial charge in [-0.25, -0.2) is 0 Å². The zero-order valence-electron chi connectivity index (χ0n) is 12.3. The van der Waals surface area contributed by atoms with Gasteiger partial charge in [0, 0.05) is 24.7 Å². The molecule has 0 aliphatic carbocycles. The number of nitrogens with one attached hydrogen (secondary N) is 3. The molecule has 2 amide bonds. The average molecular weight is 277 g/mol. The van der Waals surface area contributed by atoms with Crippen LogP contribution in [0.4, 0.5) is 5.69 Å². The summed E-state index contributed by atoms with van der Waals surface area (Å²) in [5.74, 6) is -0.119. The minimum atomic E-state index is -0.111. The summed E-state index contributed by atoms with van der Waals surface area (Å²) in [4.78, 5) is 23.0. The third kappa shape index (κ3) is 6.89. The summed E-state index contributed by atoms with van der Waals surface area (Å²) in [6.07, 6.45) is 0.371. The molecule has 5 heteroatoms. The molecular formula is C15H23N3O2. The number of amides is 2. The number of aryl methyl sites for hydroxylation is 1. The monoisotopic (exact) mass is 277 g/mol. The van der Waals surface area contributed by atoms with E-state index in [4.69, 9.17) is 0 Å². The summed E-state index contributed by atoms with van der Waals surface area (Å²) in [5, 5.41) is 8.55. The molecule has 5 nitrogen and oxygen atoms in total. The smallest absolute Gasteiger partial charge is 0.238 e. The number of carbonyl (C=O) groups is 2. The van der Waals surface area contributed by atoms with E-state index in [1.165, 1.54) is 0 Å². The van der Waals surface area contributed by atoms with Gasteiger partial charge in [-0.05, 0) is 38.5 Å². The van der Waals surface area contributed by atoms with Crippen LogP contribution < -0.4 is 16.0 Å². The fourth-order valence-electron chi connectivity index (χ4n) is 1.73. The summed E-state index contributed by atoms with van der Waals surface area (Å²) in [6.45, 7) is 6.49. The van der Waals surface area contributed by atoms with Crippen LogP contribution in [0.15, 0.2) is 24.3 Å². The lowest BCUT2D eigenvalue weighted by molar-refractivity contribution is -0.121. The molecule has 1 aromatic rings. The highest BCUT2D eigenvalue weighted by Crippen LogP contribution is 2.08. The van der Waals surface area contributed by atoms with Gasteiger partial charge >= 0.3 is 0 Å². The molecule has 3 N–H and O–H groups in total. The van der Waals surface area contributed by atoms with E-state index in [0.717, 1.165) is 11.3 Å². The molecule has 1 rings (SSSR count). The Kier molecular flexibility index (Phi) is 6.73. The third-order valence-corrected chi connectivity index (χ3v) is 2.57. The summed E-state index contributed by atoms with van der Waals surface area (Å²) in [7, 11) is 0. The maximum atomic E-state index is 11.7. The second-order valence-corrected chi connectivity index (χ2v) is 5.07. The lowest BCUT2D eigenvalue weighted by Crippen LogP contribution is -2.34. The van der Waals surface area contributed by atoms with Crippen LogP contribution >= 0.6 is 0 Å². The average Bonchev–Trinajstić information content (AvgIpc) is 2.34. The Morgan fingerprint density at radius 1 is 1.20 bits per heavy atom. The van der Waals surface area contributed by atoms with Gasteiger partial charge in [-0.15, -0.1) is 0 Å². The van der Waals surface area contributed by atoms with Crippen LogP contribution in [0.25, 0.3) is 0 Å². The third-order valence-electron chi connectivity index (χ3n) is 2.57. The maximum absolute atomic E-state index is 11.7. The van der Waals surface area contributed by atoms with Gasteiger partial charge in [-0.1, -0.05) is 12.1 Å². The van der Waals surface area contributed by atoms with Crippen molar-refractivity contribution in [2.24, 2.45) is 0 Å². The van der Waals surface area contributed by atoms with Crippen LogP contribution in [0.1, 0.15) is 25.8 Å². The maximum Gasteiger partial charge on any atom is 0.238 e. The first-order valence-corrected chi connectivity index (χ1v) is 6.84. The lowest BCUT2D eigenvalue weighted by atomic mass is 10.2. The Bertz CT molecular complexity index is 458. The molecule has 1 aromatic carbocycles. The molecule has 0 aromatic heterocycles. The first kappa shape index (κ1) is 16.2. The first-order valence-electron chi connectivity index (χ1n) is 6.84. The molecule has 0 aliphatic heterocycles. The zero-order chi connectivity index (χ0) is 15.0. The van der Waals surface area contributed by atoms with Gasteiger partial charge in [0.1, 0.15) is 0 Å². The topological polar surface area (TPSA) is 70.2 Å². The van der Waals surface area contributed by atoms with Crippen LogP contribution in [0.5, 0.6) is 0 Å². The minimum absolute atomic E-state index is 0.00778. The van der Waals surface area contributed by atoms with E-state index in [0.29, 0.717) is 13.0 Å². The number of anilines is 1. The van der Waals surface area contributed by atoms with Crippen molar-refractivity contribution >= 4 is 17.5 Å². The van der Waals surface area contributed by atoms with E-state index in [-0.39, 0.29) is 24.4 Å². The Hall–Kier alpha value is -1.88. The second-order valence-electron chi connectivity index (χ2n) is 5.07. The van der Waals surface area contributed by atoms with E-state index in [9.17, 15) is 9.59 Å². The van der Waals surface area contributed by atoms with Gasteiger partial charge < -0.3 is 16.0 Å². The van der Waals surface area contributed by atoms with Crippen molar-refractivity contribution in [3.63, 3.8) is 0 Å². The first-order chi connectivity index (χ1) is 9.47. The molecule has 0 radical (unpaired) electrons. The van der Waals surface area contributed by atoms with Crippen molar-refractivity contribution < 1.29 is 9.59 Å². The van der Waals surface area contributed by atoms with E-state index in [1.54, 1.807) is 0 Å². The molecule has 20 heavy (non-hydrogen) atoms. The van der Waals surface area contributed by atoms with Gasteiger partial charge in [-0.2, -0.15) is 0 Å². The molecule has 110 valence electrons. The molecule has 0 saturated heterocycles. The SMILES string of the molecule is Cc1cccc(NC(=O)CNCCC(=O)NC(C)C)c1. The van der Waals surface area contributed by atoms with Gasteiger partial charge in [0.25, 0.3) is 0 Å². The van der Waals surface area contributed by atoms with E-state index in [1.807, 2.05) is 45.0 Å². The Morgan fingerprint density at radius 2 is 1.95 bits per heavy atom. The van der Waals surface area contributed by atoms with Crippen LogP contribution in [0.3, 0.4) is 0 Å². The molecule has 0 atom stereocenters. The van der Waals surface area contributed by atoms with E-state index < -0.39 is 0 Å². The molecular weight excluding hydrogens is 254 g/mol. The van der Waals surface area contributed by atoms with Crippen LogP contribution in [0, 0.1) is 6.92 Å². The molecule has 0 unspecified atom stereocenters. The van der Waals surface area contributed by atoms with Gasteiger partial charge in [0.15, 0.2) is 0 Å². The molecule has 0 spiro atoms. The van der Waals surface area contributed by atoms with Crippen molar-refractivity contribution in [2.75, 3.05) is 18.4 Å². The lowest BCUT2D eigenvalue weighted by Gasteiger charge is -2.09. The van der Waals surface area contributed by atoms with Crippen LogP contribution in [-0.4, -0.2) is 30.9 Å². The van der Waals surface area contributed by atoms with Gasteiger partial charge in [-0.3, -0.25) is 9.59 Å². The Morgan fingerprint density at radius 3 is 2.60 bits per heavy atom. The molecule has 0 bridgehead atoms. The Labute approximate surface area is 120 Å². The number of hydrogen-bond acceptors (Lipinski definition) is 3. The molecule has 0 saturated carbocycles. The zero-order valence-corrected chi connectivity index (χ0v) is 12.3. The number of hydrogen-bond donors (Lipinski definition) is 3. The molecule has 0 aliphatic rings. The highest BCUT2D eigenvalue weighted by molar-refractivity contribution is 5.92. The van der Waals surface area contributed by atoms with E-state index in [2.05, 4.69) is 16.0 Å². The quantitative estimate of drug-likeness (QED) is 0.660. The highest BCUT2D eigenvalue weighted by Gasteiger charge is 2.04. The number of rotatable bonds is 7. The second kappa shape index (κ2) is 8.32. The largest absolute Gasteiger partial charge is 0.354 e. The van der Waals surface area contributed by atoms with Crippen molar-refractivity contribution in [1.82, 2.24) is 10.6 Å².